The summed E-state index contributed by atoms with van der Waals surface area (Å²) in [6.07, 6.45) is 1.36. The zero-order chi connectivity index (χ0) is 8.32. The van der Waals surface area contributed by atoms with Gasteiger partial charge in [-0.1, -0.05) is 11.4 Å². The predicted octanol–water partition coefficient (Wildman–Crippen LogP) is 0.247. The Morgan fingerprint density at radius 3 is 2.91 bits per heavy atom. The van der Waals surface area contributed by atoms with Gasteiger partial charge in [0.25, 0.3) is 0 Å². The van der Waals surface area contributed by atoms with Gasteiger partial charge < -0.3 is 9.79 Å². The fourth-order valence-corrected chi connectivity index (χ4v) is 2.22. The Labute approximate surface area is 72.2 Å². The molecule has 1 aromatic heterocycles. The molecule has 0 aliphatic rings. The van der Waals surface area contributed by atoms with Crippen LogP contribution < -0.4 is 0 Å². The lowest BCUT2D eigenvalue weighted by atomic mass is 10.7. The average Bonchev–Trinajstić information content (AvgIpc) is 2.32. The maximum absolute atomic E-state index is 8.80. The molecule has 0 saturated carbocycles. The SMILES string of the molecule is OP(O)(=S)SCc1ncn[nH]1. The van der Waals surface area contributed by atoms with Crippen LogP contribution in [0.3, 0.4) is 0 Å². The molecular formula is C3H6N3O2PS2. The molecule has 0 aromatic carbocycles. The van der Waals surface area contributed by atoms with Crippen LogP contribution >= 0.6 is 17.1 Å². The van der Waals surface area contributed by atoms with Crippen molar-refractivity contribution in [3.8, 4) is 0 Å². The lowest BCUT2D eigenvalue weighted by Crippen LogP contribution is -1.83. The summed E-state index contributed by atoms with van der Waals surface area (Å²) in [5.74, 6) is 0.942. The first-order valence-electron chi connectivity index (χ1n) is 2.62. The highest BCUT2D eigenvalue weighted by Crippen LogP contribution is 2.51. The minimum absolute atomic E-state index is 0.351. The first-order chi connectivity index (χ1) is 5.08. The third-order valence-electron chi connectivity index (χ3n) is 0.834. The minimum atomic E-state index is -3.14. The van der Waals surface area contributed by atoms with Gasteiger partial charge in [0.05, 0.1) is 5.75 Å². The standard InChI is InChI=1S/C3H6N3O2PS2/c7-9(8,10)11-1-3-4-2-5-6-3/h2H,1H2,(H,4,5,6)(H2,7,8,10). The molecule has 0 atom stereocenters. The van der Waals surface area contributed by atoms with E-state index in [-0.39, 0.29) is 0 Å². The molecule has 8 heteroatoms. The van der Waals surface area contributed by atoms with E-state index >= 15 is 0 Å². The van der Waals surface area contributed by atoms with E-state index in [4.69, 9.17) is 9.79 Å². The number of hydrogen-bond acceptors (Lipinski definition) is 4. The molecule has 1 heterocycles. The van der Waals surface area contributed by atoms with Crippen LogP contribution in [0.25, 0.3) is 0 Å². The van der Waals surface area contributed by atoms with Crippen molar-refractivity contribution in [1.82, 2.24) is 15.2 Å². The lowest BCUT2D eigenvalue weighted by Gasteiger charge is -2.02. The van der Waals surface area contributed by atoms with Crippen molar-refractivity contribution >= 4 is 28.9 Å². The topological polar surface area (TPSA) is 82.0 Å². The Balaban J connectivity index is 2.41. The number of H-pyrrole nitrogens is 1. The zero-order valence-corrected chi connectivity index (χ0v) is 7.86. The quantitative estimate of drug-likeness (QED) is 0.621. The van der Waals surface area contributed by atoms with Crippen LogP contribution in [0.2, 0.25) is 0 Å². The summed E-state index contributed by atoms with van der Waals surface area (Å²) in [5, 5.41) is 6.17. The van der Waals surface area contributed by atoms with Crippen molar-refractivity contribution in [2.75, 3.05) is 0 Å². The average molecular weight is 211 g/mol. The number of aromatic amines is 1. The van der Waals surface area contributed by atoms with E-state index in [0.29, 0.717) is 11.6 Å². The Kier molecular flexibility index (Phi) is 3.03. The van der Waals surface area contributed by atoms with Crippen molar-refractivity contribution in [1.29, 1.82) is 0 Å². The molecule has 62 valence electrons. The third-order valence-corrected chi connectivity index (χ3v) is 3.92. The van der Waals surface area contributed by atoms with Gasteiger partial charge in [0.15, 0.2) is 0 Å². The van der Waals surface area contributed by atoms with E-state index in [1.807, 2.05) is 0 Å². The van der Waals surface area contributed by atoms with Crippen LogP contribution in [-0.2, 0) is 17.6 Å². The highest BCUT2D eigenvalue weighted by molar-refractivity contribution is 8.67. The molecule has 1 rings (SSSR count). The van der Waals surface area contributed by atoms with Gasteiger partial charge in [0.2, 0.25) is 5.69 Å². The Morgan fingerprint density at radius 2 is 2.45 bits per heavy atom. The zero-order valence-electron chi connectivity index (χ0n) is 5.34. The Morgan fingerprint density at radius 1 is 1.73 bits per heavy atom. The molecule has 0 radical (unpaired) electrons. The molecule has 0 spiro atoms. The monoisotopic (exact) mass is 211 g/mol. The van der Waals surface area contributed by atoms with Gasteiger partial charge in [-0.25, -0.2) is 4.98 Å². The van der Waals surface area contributed by atoms with Crippen molar-refractivity contribution in [2.24, 2.45) is 0 Å². The van der Waals surface area contributed by atoms with Crippen LogP contribution in [0, 0.1) is 0 Å². The van der Waals surface area contributed by atoms with Gasteiger partial charge in [0.1, 0.15) is 12.2 Å². The molecule has 5 nitrogen and oxygen atoms in total. The van der Waals surface area contributed by atoms with Crippen LogP contribution in [0.15, 0.2) is 6.33 Å². The Hall–Kier alpha value is 0.0600. The van der Waals surface area contributed by atoms with E-state index in [1.165, 1.54) is 6.33 Å². The van der Waals surface area contributed by atoms with Crippen molar-refractivity contribution in [2.45, 2.75) is 5.75 Å². The summed E-state index contributed by atoms with van der Waals surface area (Å²) in [5.41, 5.74) is -3.14. The van der Waals surface area contributed by atoms with E-state index in [2.05, 4.69) is 27.0 Å². The third kappa shape index (κ3) is 3.83. The maximum atomic E-state index is 8.80. The maximum Gasteiger partial charge on any atom is 0.242 e. The molecule has 0 amide bonds. The molecule has 0 aliphatic heterocycles. The summed E-state index contributed by atoms with van der Waals surface area (Å²) >= 11 is 5.28. The van der Waals surface area contributed by atoms with E-state index in [1.54, 1.807) is 0 Å². The van der Waals surface area contributed by atoms with E-state index in [9.17, 15) is 0 Å². The minimum Gasteiger partial charge on any atom is -0.338 e. The number of rotatable bonds is 3. The van der Waals surface area contributed by atoms with Crippen LogP contribution in [0.1, 0.15) is 5.82 Å². The summed E-state index contributed by atoms with van der Waals surface area (Å²) in [6, 6.07) is 0. The van der Waals surface area contributed by atoms with E-state index in [0.717, 1.165) is 11.4 Å². The smallest absolute Gasteiger partial charge is 0.242 e. The molecule has 3 N–H and O–H groups in total. The van der Waals surface area contributed by atoms with Gasteiger partial charge >= 0.3 is 0 Å². The first-order valence-corrected chi connectivity index (χ1v) is 6.92. The highest BCUT2D eigenvalue weighted by Gasteiger charge is 2.08. The second kappa shape index (κ2) is 3.64. The molecule has 0 unspecified atom stereocenters. The van der Waals surface area contributed by atoms with Gasteiger partial charge in [-0.2, -0.15) is 5.10 Å². The molecule has 0 fully saturated rings. The predicted molar refractivity (Wildman–Crippen MR) is 46.4 cm³/mol. The van der Waals surface area contributed by atoms with Crippen molar-refractivity contribution in [3.05, 3.63) is 12.2 Å². The summed E-state index contributed by atoms with van der Waals surface area (Å²) < 4.78 is 0. The Bertz CT molecular complexity index is 258. The number of aromatic nitrogens is 3. The van der Waals surface area contributed by atoms with E-state index < -0.39 is 5.69 Å². The molecule has 0 aliphatic carbocycles. The molecular weight excluding hydrogens is 205 g/mol. The lowest BCUT2D eigenvalue weighted by molar-refractivity contribution is 0.502. The second-order valence-corrected chi connectivity index (χ2v) is 7.75. The van der Waals surface area contributed by atoms with Crippen molar-refractivity contribution in [3.63, 3.8) is 0 Å². The van der Waals surface area contributed by atoms with Gasteiger partial charge in [0, 0.05) is 0 Å². The molecule has 0 bridgehead atoms. The van der Waals surface area contributed by atoms with Gasteiger partial charge in [-0.3, -0.25) is 5.10 Å². The summed E-state index contributed by atoms with van der Waals surface area (Å²) in [6.45, 7) is 0. The molecule has 1 aromatic rings. The van der Waals surface area contributed by atoms with Crippen LogP contribution in [0.4, 0.5) is 0 Å². The van der Waals surface area contributed by atoms with Gasteiger partial charge in [-0.15, -0.1) is 0 Å². The summed E-state index contributed by atoms with van der Waals surface area (Å²) in [4.78, 5) is 21.4. The fourth-order valence-electron chi connectivity index (χ4n) is 0.446. The largest absolute Gasteiger partial charge is 0.338 e. The number of nitrogens with zero attached hydrogens (tertiary/aromatic N) is 2. The van der Waals surface area contributed by atoms with Crippen LogP contribution in [-0.4, -0.2) is 25.0 Å². The summed E-state index contributed by atoms with van der Waals surface area (Å²) in [7, 11) is 0. The highest BCUT2D eigenvalue weighted by atomic mass is 32.9. The first kappa shape index (κ1) is 9.15. The molecule has 0 saturated heterocycles. The normalized spacial score (nSPS) is 11.8. The second-order valence-electron chi connectivity index (χ2n) is 1.70. The van der Waals surface area contributed by atoms with Crippen molar-refractivity contribution < 1.29 is 9.79 Å². The van der Waals surface area contributed by atoms with Crippen LogP contribution in [0.5, 0.6) is 0 Å². The number of hydrogen-bond donors (Lipinski definition) is 3. The molecule has 11 heavy (non-hydrogen) atoms. The fraction of sp³-hybridized carbons (Fsp3) is 0.333. The van der Waals surface area contributed by atoms with Gasteiger partial charge in [-0.05, 0) is 11.8 Å². The number of nitrogens with one attached hydrogen (secondary N) is 1.